The number of carbonyl (C=O) groups is 1. The Morgan fingerprint density at radius 2 is 1.85 bits per heavy atom. The highest BCUT2D eigenvalue weighted by Crippen LogP contribution is 2.23. The standard InChI is InChI=1S/C25H25N7O2/c1-17-28-22(14-23(29-17)32-13-12-26-16-32)30-19-7-9-20(10-8-19)31-25(33)18-6-11-24(27-15-18)34-21-4-2-3-5-21/h6-16,21H,2-5H2,1H3,(H,31,33)(H,28,29,30). The molecule has 1 amide bonds. The zero-order chi connectivity index (χ0) is 23.3. The minimum atomic E-state index is -0.225. The van der Waals surface area contributed by atoms with Gasteiger partial charge in [0.1, 0.15) is 29.9 Å². The van der Waals surface area contributed by atoms with E-state index in [1.54, 1.807) is 30.9 Å². The Bertz CT molecular complexity index is 1250. The zero-order valence-corrected chi connectivity index (χ0v) is 18.8. The Balaban J connectivity index is 1.20. The van der Waals surface area contributed by atoms with Gasteiger partial charge in [-0.2, -0.15) is 0 Å². The Labute approximate surface area is 197 Å². The third-order valence-electron chi connectivity index (χ3n) is 5.60. The Morgan fingerprint density at radius 3 is 2.56 bits per heavy atom. The Hall–Kier alpha value is -4.27. The molecule has 2 N–H and O–H groups in total. The zero-order valence-electron chi connectivity index (χ0n) is 18.8. The first-order valence-corrected chi connectivity index (χ1v) is 11.3. The van der Waals surface area contributed by atoms with Crippen molar-refractivity contribution < 1.29 is 9.53 Å². The number of pyridine rings is 1. The van der Waals surface area contributed by atoms with E-state index in [1.165, 1.54) is 12.8 Å². The van der Waals surface area contributed by atoms with Gasteiger partial charge in [0.15, 0.2) is 0 Å². The lowest BCUT2D eigenvalue weighted by molar-refractivity contribution is 0.102. The van der Waals surface area contributed by atoms with Crippen LogP contribution in [-0.4, -0.2) is 36.5 Å². The third kappa shape index (κ3) is 5.20. The number of rotatable bonds is 7. The van der Waals surface area contributed by atoms with Crippen molar-refractivity contribution in [2.45, 2.75) is 38.7 Å². The lowest BCUT2D eigenvalue weighted by atomic mass is 10.2. The molecule has 0 aliphatic heterocycles. The van der Waals surface area contributed by atoms with Crippen LogP contribution in [0.2, 0.25) is 0 Å². The van der Waals surface area contributed by atoms with Crippen LogP contribution in [0.4, 0.5) is 17.2 Å². The minimum Gasteiger partial charge on any atom is -0.474 e. The van der Waals surface area contributed by atoms with Gasteiger partial charge in [0.05, 0.1) is 5.56 Å². The predicted molar refractivity (Wildman–Crippen MR) is 129 cm³/mol. The molecule has 0 spiro atoms. The fourth-order valence-corrected chi connectivity index (χ4v) is 3.89. The number of nitrogens with one attached hydrogen (secondary N) is 2. The SMILES string of the molecule is Cc1nc(Nc2ccc(NC(=O)c3ccc(OC4CCCC4)nc3)cc2)cc(-n2ccnc2)n1. The first kappa shape index (κ1) is 21.6. The van der Waals surface area contributed by atoms with E-state index in [-0.39, 0.29) is 12.0 Å². The summed E-state index contributed by atoms with van der Waals surface area (Å²) in [6.45, 7) is 1.84. The fourth-order valence-electron chi connectivity index (χ4n) is 3.89. The highest BCUT2D eigenvalue weighted by atomic mass is 16.5. The summed E-state index contributed by atoms with van der Waals surface area (Å²) in [4.78, 5) is 29.8. The molecule has 0 atom stereocenters. The lowest BCUT2D eigenvalue weighted by Gasteiger charge is -2.12. The van der Waals surface area contributed by atoms with Crippen LogP contribution in [0.25, 0.3) is 5.82 Å². The Kier molecular flexibility index (Phi) is 6.15. The third-order valence-corrected chi connectivity index (χ3v) is 5.60. The summed E-state index contributed by atoms with van der Waals surface area (Å²) in [5.41, 5.74) is 1.99. The van der Waals surface area contributed by atoms with Crippen LogP contribution < -0.4 is 15.4 Å². The molecular formula is C25H25N7O2. The molecule has 3 heterocycles. The van der Waals surface area contributed by atoms with Crippen LogP contribution in [0, 0.1) is 6.92 Å². The van der Waals surface area contributed by atoms with Gasteiger partial charge in [-0.05, 0) is 62.9 Å². The van der Waals surface area contributed by atoms with Gasteiger partial charge in [-0.3, -0.25) is 9.36 Å². The van der Waals surface area contributed by atoms with Crippen LogP contribution in [0.5, 0.6) is 5.88 Å². The molecule has 9 nitrogen and oxygen atoms in total. The molecule has 1 saturated carbocycles. The van der Waals surface area contributed by atoms with Crippen molar-refractivity contribution in [3.05, 3.63) is 78.8 Å². The van der Waals surface area contributed by atoms with Gasteiger partial charge in [-0.1, -0.05) is 0 Å². The quantitative estimate of drug-likeness (QED) is 0.416. The average molecular weight is 456 g/mol. The maximum absolute atomic E-state index is 12.6. The summed E-state index contributed by atoms with van der Waals surface area (Å²) in [5, 5.41) is 6.17. The lowest BCUT2D eigenvalue weighted by Crippen LogP contribution is -2.14. The summed E-state index contributed by atoms with van der Waals surface area (Å²) in [5.74, 6) is 2.38. The molecule has 5 rings (SSSR count). The molecule has 1 fully saturated rings. The summed E-state index contributed by atoms with van der Waals surface area (Å²) in [6.07, 6.45) is 11.5. The second-order valence-electron chi connectivity index (χ2n) is 8.19. The maximum atomic E-state index is 12.6. The number of hydrogen-bond donors (Lipinski definition) is 2. The highest BCUT2D eigenvalue weighted by Gasteiger charge is 2.17. The molecule has 1 aliphatic rings. The van der Waals surface area contributed by atoms with Gasteiger partial charge in [-0.15, -0.1) is 0 Å². The summed E-state index contributed by atoms with van der Waals surface area (Å²) < 4.78 is 7.68. The van der Waals surface area contributed by atoms with Crippen LogP contribution in [-0.2, 0) is 0 Å². The molecule has 0 unspecified atom stereocenters. The van der Waals surface area contributed by atoms with E-state index in [2.05, 4.69) is 30.6 Å². The second-order valence-corrected chi connectivity index (χ2v) is 8.19. The van der Waals surface area contributed by atoms with Crippen molar-refractivity contribution >= 4 is 23.1 Å². The predicted octanol–water partition coefficient (Wildman–Crippen LogP) is 4.68. The highest BCUT2D eigenvalue weighted by molar-refractivity contribution is 6.04. The molecule has 0 radical (unpaired) electrons. The van der Waals surface area contributed by atoms with Crippen molar-refractivity contribution in [2.24, 2.45) is 0 Å². The molecule has 9 heteroatoms. The largest absolute Gasteiger partial charge is 0.474 e. The van der Waals surface area contributed by atoms with Crippen LogP contribution in [0.3, 0.4) is 0 Å². The number of imidazole rings is 1. The molecular weight excluding hydrogens is 430 g/mol. The smallest absolute Gasteiger partial charge is 0.257 e. The van der Waals surface area contributed by atoms with Crippen molar-refractivity contribution in [1.29, 1.82) is 0 Å². The van der Waals surface area contributed by atoms with Crippen molar-refractivity contribution in [3.63, 3.8) is 0 Å². The van der Waals surface area contributed by atoms with Crippen LogP contribution in [0.1, 0.15) is 41.9 Å². The van der Waals surface area contributed by atoms with Gasteiger partial charge in [0.2, 0.25) is 5.88 Å². The van der Waals surface area contributed by atoms with Crippen LogP contribution in [0.15, 0.2) is 67.4 Å². The molecule has 34 heavy (non-hydrogen) atoms. The van der Waals surface area contributed by atoms with E-state index in [0.29, 0.717) is 28.8 Å². The number of nitrogens with zero attached hydrogens (tertiary/aromatic N) is 5. The van der Waals surface area contributed by atoms with E-state index >= 15 is 0 Å². The number of hydrogen-bond acceptors (Lipinski definition) is 7. The van der Waals surface area contributed by atoms with Crippen molar-refractivity contribution in [3.8, 4) is 11.7 Å². The van der Waals surface area contributed by atoms with Crippen LogP contribution >= 0.6 is 0 Å². The molecule has 1 aromatic carbocycles. The van der Waals surface area contributed by atoms with Crippen molar-refractivity contribution in [1.82, 2.24) is 24.5 Å². The van der Waals surface area contributed by atoms with Gasteiger partial charge in [-0.25, -0.2) is 19.9 Å². The van der Waals surface area contributed by atoms with Gasteiger partial charge in [0, 0.05) is 42.1 Å². The number of anilines is 3. The van der Waals surface area contributed by atoms with Crippen molar-refractivity contribution in [2.75, 3.05) is 10.6 Å². The summed E-state index contributed by atoms with van der Waals surface area (Å²) in [6, 6.07) is 12.7. The van der Waals surface area contributed by atoms with Gasteiger partial charge < -0.3 is 15.4 Å². The average Bonchev–Trinajstić information content (AvgIpc) is 3.55. The first-order valence-electron chi connectivity index (χ1n) is 11.3. The number of aromatic nitrogens is 5. The number of ether oxygens (including phenoxy) is 1. The second kappa shape index (κ2) is 9.70. The topological polar surface area (TPSA) is 107 Å². The molecule has 0 bridgehead atoms. The molecule has 1 aliphatic carbocycles. The van der Waals surface area contributed by atoms with E-state index < -0.39 is 0 Å². The normalized spacial score (nSPS) is 13.6. The first-order chi connectivity index (χ1) is 16.6. The Morgan fingerprint density at radius 1 is 1.06 bits per heavy atom. The van der Waals surface area contributed by atoms with E-state index in [0.717, 1.165) is 24.3 Å². The minimum absolute atomic E-state index is 0.225. The van der Waals surface area contributed by atoms with E-state index in [1.807, 2.05) is 48.0 Å². The molecule has 0 saturated heterocycles. The monoisotopic (exact) mass is 455 g/mol. The number of carbonyl (C=O) groups excluding carboxylic acids is 1. The molecule has 4 aromatic rings. The van der Waals surface area contributed by atoms with E-state index in [4.69, 9.17) is 4.74 Å². The van der Waals surface area contributed by atoms with E-state index in [9.17, 15) is 4.79 Å². The molecule has 3 aromatic heterocycles. The number of amides is 1. The fraction of sp³-hybridized carbons (Fsp3) is 0.240. The summed E-state index contributed by atoms with van der Waals surface area (Å²) >= 11 is 0. The molecule has 172 valence electrons. The number of aryl methyl sites for hydroxylation is 1. The summed E-state index contributed by atoms with van der Waals surface area (Å²) in [7, 11) is 0. The van der Waals surface area contributed by atoms with Gasteiger partial charge >= 0.3 is 0 Å². The maximum Gasteiger partial charge on any atom is 0.257 e. The van der Waals surface area contributed by atoms with Gasteiger partial charge in [0.25, 0.3) is 5.91 Å². The number of benzene rings is 1.